The maximum atomic E-state index is 6.44. The largest absolute Gasteiger partial charge is 0.319 e. The molecule has 1 N–H and O–H groups in total. The number of rotatable bonds is 6. The lowest BCUT2D eigenvalue weighted by atomic mass is 9.87. The Morgan fingerprint density at radius 2 is 2.11 bits per heavy atom. The second kappa shape index (κ2) is 6.76. The molecule has 1 unspecified atom stereocenters. The summed E-state index contributed by atoms with van der Waals surface area (Å²) in [6, 6.07) is 0. The minimum atomic E-state index is 0.686. The van der Waals surface area contributed by atoms with Gasteiger partial charge in [0, 0.05) is 6.54 Å². The van der Waals surface area contributed by atoms with Gasteiger partial charge < -0.3 is 5.32 Å². The molecule has 0 aliphatic heterocycles. The number of hydrogen-bond acceptors (Lipinski definition) is 2. The Bertz CT molecular complexity index is 408. The molecule has 0 amide bonds. The van der Waals surface area contributed by atoms with Crippen LogP contribution in [0.15, 0.2) is 0 Å². The molecule has 19 heavy (non-hydrogen) atoms. The van der Waals surface area contributed by atoms with Crippen LogP contribution in [0.3, 0.4) is 0 Å². The van der Waals surface area contributed by atoms with Gasteiger partial charge in [0.15, 0.2) is 0 Å². The van der Waals surface area contributed by atoms with E-state index in [0.29, 0.717) is 5.92 Å². The molecule has 1 heterocycles. The molecule has 0 saturated heterocycles. The van der Waals surface area contributed by atoms with E-state index in [0.717, 1.165) is 36.1 Å². The molecular weight excluding hydrogens is 258 g/mol. The Morgan fingerprint density at radius 3 is 2.68 bits per heavy atom. The Hall–Kier alpha value is -0.540. The molecule has 1 aromatic heterocycles. The summed E-state index contributed by atoms with van der Waals surface area (Å²) in [6.45, 7) is 6.12. The van der Waals surface area contributed by atoms with Crippen molar-refractivity contribution in [3.8, 4) is 0 Å². The van der Waals surface area contributed by atoms with Crippen molar-refractivity contribution in [3.05, 3.63) is 16.4 Å². The Balaban J connectivity index is 2.16. The molecule has 0 spiro atoms. The van der Waals surface area contributed by atoms with Crippen LogP contribution in [0.25, 0.3) is 0 Å². The summed E-state index contributed by atoms with van der Waals surface area (Å²) in [5, 5.41) is 8.76. The Labute approximate surface area is 121 Å². The molecule has 2 rings (SSSR count). The van der Waals surface area contributed by atoms with Crippen molar-refractivity contribution in [2.45, 2.75) is 52.5 Å². The second-order valence-electron chi connectivity index (χ2n) is 5.73. The van der Waals surface area contributed by atoms with E-state index in [1.165, 1.54) is 31.4 Å². The Kier molecular flexibility index (Phi) is 5.28. The van der Waals surface area contributed by atoms with Gasteiger partial charge in [-0.2, -0.15) is 5.10 Å². The molecule has 3 nitrogen and oxygen atoms in total. The van der Waals surface area contributed by atoms with Crippen LogP contribution in [0.4, 0.5) is 0 Å². The number of nitrogens with zero attached hydrogens (tertiary/aromatic N) is 2. The smallest absolute Gasteiger partial charge is 0.0847 e. The van der Waals surface area contributed by atoms with E-state index in [1.54, 1.807) is 0 Å². The normalized spacial score (nSPS) is 18.1. The van der Waals surface area contributed by atoms with Gasteiger partial charge in [0.05, 0.1) is 16.4 Å². The molecule has 1 aliphatic carbocycles. The zero-order chi connectivity index (χ0) is 13.8. The zero-order valence-electron chi connectivity index (χ0n) is 12.4. The van der Waals surface area contributed by atoms with Crippen LogP contribution in [0.1, 0.15) is 44.0 Å². The predicted molar refractivity (Wildman–Crippen MR) is 80.7 cm³/mol. The summed E-state index contributed by atoms with van der Waals surface area (Å²) < 4.78 is 2.08. The molecule has 1 atom stereocenters. The van der Waals surface area contributed by atoms with Crippen LogP contribution in [0, 0.1) is 18.8 Å². The highest BCUT2D eigenvalue weighted by Gasteiger charge is 2.27. The molecular formula is C15H26ClN3. The van der Waals surface area contributed by atoms with Crippen molar-refractivity contribution < 1.29 is 0 Å². The SMILES string of the molecule is CCn1nc(C)c(Cl)c1CC(CNC)C1CCCC1. The van der Waals surface area contributed by atoms with Crippen molar-refractivity contribution >= 4 is 11.6 Å². The first-order chi connectivity index (χ1) is 9.17. The van der Waals surface area contributed by atoms with Crippen molar-refractivity contribution in [3.63, 3.8) is 0 Å². The molecule has 1 fully saturated rings. The maximum Gasteiger partial charge on any atom is 0.0847 e. The third kappa shape index (κ3) is 3.32. The van der Waals surface area contributed by atoms with Crippen LogP contribution in [0.2, 0.25) is 5.02 Å². The fraction of sp³-hybridized carbons (Fsp3) is 0.800. The molecule has 1 aromatic rings. The molecule has 0 radical (unpaired) electrons. The van der Waals surface area contributed by atoms with Crippen molar-refractivity contribution in [1.29, 1.82) is 0 Å². The molecule has 0 bridgehead atoms. The highest BCUT2D eigenvalue weighted by Crippen LogP contribution is 2.34. The van der Waals surface area contributed by atoms with E-state index in [-0.39, 0.29) is 0 Å². The molecule has 1 aliphatic rings. The molecule has 4 heteroatoms. The van der Waals surface area contributed by atoms with Crippen LogP contribution >= 0.6 is 11.6 Å². The number of nitrogens with one attached hydrogen (secondary N) is 1. The van der Waals surface area contributed by atoms with E-state index < -0.39 is 0 Å². The van der Waals surface area contributed by atoms with Gasteiger partial charge in [-0.05, 0) is 45.7 Å². The monoisotopic (exact) mass is 283 g/mol. The Morgan fingerprint density at radius 1 is 1.42 bits per heavy atom. The van der Waals surface area contributed by atoms with E-state index >= 15 is 0 Å². The highest BCUT2D eigenvalue weighted by atomic mass is 35.5. The van der Waals surface area contributed by atoms with Gasteiger partial charge in [-0.15, -0.1) is 0 Å². The summed E-state index contributed by atoms with van der Waals surface area (Å²) in [5.74, 6) is 1.54. The maximum absolute atomic E-state index is 6.44. The fourth-order valence-electron chi connectivity index (χ4n) is 3.41. The number of halogens is 1. The third-order valence-electron chi connectivity index (χ3n) is 4.44. The lowest BCUT2D eigenvalue weighted by molar-refractivity contribution is 0.321. The topological polar surface area (TPSA) is 29.9 Å². The second-order valence-corrected chi connectivity index (χ2v) is 6.11. The quantitative estimate of drug-likeness (QED) is 0.867. The van der Waals surface area contributed by atoms with E-state index in [4.69, 9.17) is 11.6 Å². The van der Waals surface area contributed by atoms with Gasteiger partial charge in [-0.1, -0.05) is 37.3 Å². The summed E-state index contributed by atoms with van der Waals surface area (Å²) in [4.78, 5) is 0. The van der Waals surface area contributed by atoms with Gasteiger partial charge in [0.1, 0.15) is 0 Å². The van der Waals surface area contributed by atoms with E-state index in [9.17, 15) is 0 Å². The first kappa shape index (κ1) is 14.9. The van der Waals surface area contributed by atoms with E-state index in [1.807, 2.05) is 14.0 Å². The lowest BCUT2D eigenvalue weighted by Gasteiger charge is -2.23. The van der Waals surface area contributed by atoms with Gasteiger partial charge >= 0.3 is 0 Å². The van der Waals surface area contributed by atoms with Crippen molar-refractivity contribution in [1.82, 2.24) is 15.1 Å². The summed E-state index contributed by atoms with van der Waals surface area (Å²) in [6.07, 6.45) is 6.60. The van der Waals surface area contributed by atoms with E-state index in [2.05, 4.69) is 22.0 Å². The van der Waals surface area contributed by atoms with Crippen LogP contribution < -0.4 is 5.32 Å². The number of hydrogen-bond donors (Lipinski definition) is 1. The van der Waals surface area contributed by atoms with Gasteiger partial charge in [-0.25, -0.2) is 0 Å². The molecule has 1 saturated carbocycles. The van der Waals surface area contributed by atoms with Gasteiger partial charge in [-0.3, -0.25) is 4.68 Å². The highest BCUT2D eigenvalue weighted by molar-refractivity contribution is 6.31. The fourth-order valence-corrected chi connectivity index (χ4v) is 3.62. The number of aromatic nitrogens is 2. The standard InChI is InChI=1S/C15H26ClN3/c1-4-19-14(15(16)11(2)18-19)9-13(10-17-3)12-7-5-6-8-12/h12-13,17H,4-10H2,1-3H3. The molecule has 0 aromatic carbocycles. The average Bonchev–Trinajstić information content (AvgIpc) is 3.01. The van der Waals surface area contributed by atoms with Crippen molar-refractivity contribution in [2.75, 3.05) is 13.6 Å². The van der Waals surface area contributed by atoms with Crippen LogP contribution in [-0.4, -0.2) is 23.4 Å². The zero-order valence-corrected chi connectivity index (χ0v) is 13.1. The molecule has 108 valence electrons. The van der Waals surface area contributed by atoms with Gasteiger partial charge in [0.2, 0.25) is 0 Å². The number of aryl methyl sites for hydroxylation is 2. The predicted octanol–water partition coefficient (Wildman–Crippen LogP) is 3.43. The summed E-state index contributed by atoms with van der Waals surface area (Å²) in [7, 11) is 2.05. The first-order valence-electron chi connectivity index (χ1n) is 7.53. The van der Waals surface area contributed by atoms with Crippen LogP contribution in [-0.2, 0) is 13.0 Å². The summed E-state index contributed by atoms with van der Waals surface area (Å²) in [5.41, 5.74) is 2.20. The summed E-state index contributed by atoms with van der Waals surface area (Å²) >= 11 is 6.44. The average molecular weight is 284 g/mol. The minimum absolute atomic E-state index is 0.686. The van der Waals surface area contributed by atoms with Crippen molar-refractivity contribution in [2.24, 2.45) is 11.8 Å². The first-order valence-corrected chi connectivity index (χ1v) is 7.91. The third-order valence-corrected chi connectivity index (χ3v) is 4.93. The van der Waals surface area contributed by atoms with Crippen LogP contribution in [0.5, 0.6) is 0 Å². The lowest BCUT2D eigenvalue weighted by Crippen LogP contribution is -2.27. The minimum Gasteiger partial charge on any atom is -0.319 e. The van der Waals surface area contributed by atoms with Gasteiger partial charge in [0.25, 0.3) is 0 Å².